The molecule has 3 nitrogen and oxygen atoms in total. The van der Waals surface area contributed by atoms with Crippen LogP contribution in [0.15, 0.2) is 18.2 Å². The van der Waals surface area contributed by atoms with Crippen LogP contribution in [0.25, 0.3) is 0 Å². The number of phenolic OH excluding ortho intramolecular Hbond substituents is 1. The molecular formula is C12H13ClO3. The maximum absolute atomic E-state index is 11.4. The van der Waals surface area contributed by atoms with Gasteiger partial charge in [-0.1, -0.05) is 24.4 Å². The van der Waals surface area contributed by atoms with Crippen molar-refractivity contribution in [2.75, 3.05) is 0 Å². The van der Waals surface area contributed by atoms with E-state index in [0.717, 1.165) is 12.8 Å². The first kappa shape index (κ1) is 11.3. The number of aromatic hydroxyl groups is 1. The summed E-state index contributed by atoms with van der Waals surface area (Å²) in [6, 6.07) is 4.49. The number of carboxylic acid groups (broad SMARTS) is 1. The number of phenols is 1. The Bertz CT molecular complexity index is 422. The van der Waals surface area contributed by atoms with Crippen LogP contribution in [0.3, 0.4) is 0 Å². The molecule has 0 aromatic heterocycles. The number of rotatable bonds is 2. The molecule has 2 N–H and O–H groups in total. The van der Waals surface area contributed by atoms with Gasteiger partial charge in [-0.15, -0.1) is 0 Å². The van der Waals surface area contributed by atoms with Gasteiger partial charge in [0.25, 0.3) is 0 Å². The molecule has 16 heavy (non-hydrogen) atoms. The van der Waals surface area contributed by atoms with Gasteiger partial charge < -0.3 is 10.2 Å². The molecule has 86 valence electrons. The van der Waals surface area contributed by atoms with Gasteiger partial charge in [-0.3, -0.25) is 4.79 Å². The Kier molecular flexibility index (Phi) is 2.80. The van der Waals surface area contributed by atoms with E-state index in [-0.39, 0.29) is 5.75 Å². The molecule has 0 unspecified atom stereocenters. The van der Waals surface area contributed by atoms with Crippen molar-refractivity contribution in [3.63, 3.8) is 0 Å². The third kappa shape index (κ3) is 1.65. The monoisotopic (exact) mass is 240 g/mol. The smallest absolute Gasteiger partial charge is 0.314 e. The number of benzene rings is 1. The first-order valence-corrected chi connectivity index (χ1v) is 5.66. The molecule has 0 atom stereocenters. The number of halogens is 1. The molecule has 1 aliphatic rings. The molecule has 0 heterocycles. The Balaban J connectivity index is 2.55. The average Bonchev–Trinajstić information content (AvgIpc) is 2.71. The topological polar surface area (TPSA) is 57.5 Å². The molecular weight excluding hydrogens is 228 g/mol. The molecule has 1 aliphatic carbocycles. The highest BCUT2D eigenvalue weighted by atomic mass is 35.5. The second-order valence-electron chi connectivity index (χ2n) is 4.26. The molecule has 1 aromatic carbocycles. The number of carboxylic acids is 1. The van der Waals surface area contributed by atoms with Gasteiger partial charge in [0.1, 0.15) is 5.75 Å². The van der Waals surface area contributed by atoms with E-state index in [1.54, 1.807) is 6.07 Å². The fraction of sp³-hybridized carbons (Fsp3) is 0.417. The predicted octanol–water partition coefficient (Wildman–Crippen LogP) is 2.94. The van der Waals surface area contributed by atoms with E-state index in [2.05, 4.69) is 0 Å². The Morgan fingerprint density at radius 2 is 1.94 bits per heavy atom. The zero-order chi connectivity index (χ0) is 11.8. The van der Waals surface area contributed by atoms with Crippen molar-refractivity contribution in [3.8, 4) is 5.75 Å². The summed E-state index contributed by atoms with van der Waals surface area (Å²) in [4.78, 5) is 11.4. The average molecular weight is 241 g/mol. The van der Waals surface area contributed by atoms with Crippen LogP contribution < -0.4 is 0 Å². The summed E-state index contributed by atoms with van der Waals surface area (Å²) in [5, 5.41) is 19.3. The van der Waals surface area contributed by atoms with Crippen LogP contribution in [-0.4, -0.2) is 16.2 Å². The normalized spacial score (nSPS) is 18.6. The fourth-order valence-corrected chi connectivity index (χ4v) is 2.76. The summed E-state index contributed by atoms with van der Waals surface area (Å²) in [7, 11) is 0. The first-order chi connectivity index (χ1) is 7.56. The van der Waals surface area contributed by atoms with Gasteiger partial charge in [0.15, 0.2) is 0 Å². The van der Waals surface area contributed by atoms with Crippen molar-refractivity contribution in [2.24, 2.45) is 0 Å². The lowest BCUT2D eigenvalue weighted by atomic mass is 9.79. The molecule has 1 saturated carbocycles. The van der Waals surface area contributed by atoms with Gasteiger partial charge in [0.05, 0.1) is 5.41 Å². The van der Waals surface area contributed by atoms with E-state index in [1.807, 2.05) is 0 Å². The summed E-state index contributed by atoms with van der Waals surface area (Å²) in [6.45, 7) is 0. The van der Waals surface area contributed by atoms with Crippen LogP contribution >= 0.6 is 11.6 Å². The molecule has 4 heteroatoms. The minimum absolute atomic E-state index is 0.0620. The van der Waals surface area contributed by atoms with Gasteiger partial charge in [-0.2, -0.15) is 0 Å². The summed E-state index contributed by atoms with van der Waals surface area (Å²) in [5.74, 6) is -0.788. The highest BCUT2D eigenvalue weighted by Crippen LogP contribution is 2.44. The van der Waals surface area contributed by atoms with Crippen LogP contribution in [0.1, 0.15) is 31.2 Å². The molecule has 0 radical (unpaired) electrons. The minimum atomic E-state index is -0.907. The highest BCUT2D eigenvalue weighted by Gasteiger charge is 2.44. The lowest BCUT2D eigenvalue weighted by Gasteiger charge is -2.25. The Morgan fingerprint density at radius 1 is 1.31 bits per heavy atom. The van der Waals surface area contributed by atoms with E-state index in [1.165, 1.54) is 12.1 Å². The van der Waals surface area contributed by atoms with Crippen molar-refractivity contribution in [1.29, 1.82) is 0 Å². The van der Waals surface area contributed by atoms with Crippen molar-refractivity contribution in [1.82, 2.24) is 0 Å². The first-order valence-electron chi connectivity index (χ1n) is 5.29. The Morgan fingerprint density at radius 3 is 2.50 bits per heavy atom. The van der Waals surface area contributed by atoms with Crippen molar-refractivity contribution in [2.45, 2.75) is 31.1 Å². The standard InChI is InChI=1S/C12H13ClO3/c13-10-4-3-8(14)7-9(10)12(11(15)16)5-1-2-6-12/h3-4,7,14H,1-2,5-6H2,(H,15,16). The number of aliphatic carboxylic acids is 1. The Hall–Kier alpha value is -1.22. The largest absolute Gasteiger partial charge is 0.508 e. The third-order valence-electron chi connectivity index (χ3n) is 3.33. The van der Waals surface area contributed by atoms with E-state index >= 15 is 0 Å². The SMILES string of the molecule is O=C(O)C1(c2cc(O)ccc2Cl)CCCC1. The van der Waals surface area contributed by atoms with Gasteiger partial charge in [0, 0.05) is 5.02 Å². The molecule has 0 amide bonds. The second-order valence-corrected chi connectivity index (χ2v) is 4.67. The maximum Gasteiger partial charge on any atom is 0.314 e. The zero-order valence-corrected chi connectivity index (χ0v) is 9.50. The predicted molar refractivity (Wildman–Crippen MR) is 60.9 cm³/mol. The lowest BCUT2D eigenvalue weighted by molar-refractivity contribution is -0.143. The quantitative estimate of drug-likeness (QED) is 0.836. The fourth-order valence-electron chi connectivity index (χ4n) is 2.46. The molecule has 0 bridgehead atoms. The van der Waals surface area contributed by atoms with Gasteiger partial charge in [-0.25, -0.2) is 0 Å². The van der Waals surface area contributed by atoms with Crippen LogP contribution in [0.4, 0.5) is 0 Å². The zero-order valence-electron chi connectivity index (χ0n) is 8.74. The number of hydrogen-bond donors (Lipinski definition) is 2. The van der Waals surface area contributed by atoms with Crippen LogP contribution in [0.2, 0.25) is 5.02 Å². The maximum atomic E-state index is 11.4. The van der Waals surface area contributed by atoms with Crippen LogP contribution in [-0.2, 0) is 10.2 Å². The molecule has 0 saturated heterocycles. The van der Waals surface area contributed by atoms with E-state index < -0.39 is 11.4 Å². The summed E-state index contributed by atoms with van der Waals surface area (Å²) >= 11 is 6.04. The van der Waals surface area contributed by atoms with Gasteiger partial charge in [-0.05, 0) is 36.6 Å². The van der Waals surface area contributed by atoms with Crippen molar-refractivity contribution >= 4 is 17.6 Å². The Labute approximate surface area is 98.7 Å². The van der Waals surface area contributed by atoms with Crippen LogP contribution in [0.5, 0.6) is 5.75 Å². The van der Waals surface area contributed by atoms with E-state index in [4.69, 9.17) is 11.6 Å². The molecule has 0 spiro atoms. The van der Waals surface area contributed by atoms with E-state index in [9.17, 15) is 15.0 Å². The molecule has 2 rings (SSSR count). The summed E-state index contributed by atoms with van der Waals surface area (Å²) < 4.78 is 0. The summed E-state index contributed by atoms with van der Waals surface area (Å²) in [6.07, 6.45) is 2.95. The van der Waals surface area contributed by atoms with Crippen molar-refractivity contribution < 1.29 is 15.0 Å². The van der Waals surface area contributed by atoms with Gasteiger partial charge >= 0.3 is 5.97 Å². The lowest BCUT2D eigenvalue weighted by Crippen LogP contribution is -2.32. The second kappa shape index (κ2) is 3.98. The van der Waals surface area contributed by atoms with Crippen molar-refractivity contribution in [3.05, 3.63) is 28.8 Å². The van der Waals surface area contributed by atoms with E-state index in [0.29, 0.717) is 23.4 Å². The molecule has 1 aromatic rings. The third-order valence-corrected chi connectivity index (χ3v) is 3.66. The summed E-state index contributed by atoms with van der Waals surface area (Å²) in [5.41, 5.74) is -0.366. The molecule has 0 aliphatic heterocycles. The number of carbonyl (C=O) groups is 1. The van der Waals surface area contributed by atoms with Crippen LogP contribution in [0, 0.1) is 0 Å². The minimum Gasteiger partial charge on any atom is -0.508 e. The number of hydrogen-bond acceptors (Lipinski definition) is 2. The van der Waals surface area contributed by atoms with Gasteiger partial charge in [0.2, 0.25) is 0 Å². The molecule has 1 fully saturated rings. The highest BCUT2D eigenvalue weighted by molar-refractivity contribution is 6.31.